The van der Waals surface area contributed by atoms with Gasteiger partial charge in [0.1, 0.15) is 0 Å². The lowest BCUT2D eigenvalue weighted by atomic mass is 9.96. The lowest BCUT2D eigenvalue weighted by molar-refractivity contribution is 1.18. The molecule has 0 saturated heterocycles. The predicted molar refractivity (Wildman–Crippen MR) is 255 cm³/mol. The van der Waals surface area contributed by atoms with Crippen molar-refractivity contribution in [2.75, 3.05) is 4.90 Å². The number of fused-ring (bicyclic) bond motifs is 4. The molecular weight excluding hydrogens is 725 g/mol. The number of para-hydroxylation sites is 3. The molecule has 0 bridgehead atoms. The van der Waals surface area contributed by atoms with Crippen molar-refractivity contribution in [2.45, 2.75) is 0 Å². The summed E-state index contributed by atoms with van der Waals surface area (Å²) in [7, 11) is 0. The molecule has 11 aromatic rings. The van der Waals surface area contributed by atoms with Gasteiger partial charge in [0, 0.05) is 33.3 Å². The van der Waals surface area contributed by atoms with Crippen molar-refractivity contribution in [3.8, 4) is 50.2 Å². The molecule has 1 heterocycles. The fourth-order valence-electron chi connectivity index (χ4n) is 8.98. The number of aromatic nitrogens is 1. The van der Waals surface area contributed by atoms with Gasteiger partial charge in [0.15, 0.2) is 0 Å². The normalized spacial score (nSPS) is 11.3. The Hall–Kier alpha value is -7.94. The number of hydrogen-bond acceptors (Lipinski definition) is 1. The summed E-state index contributed by atoms with van der Waals surface area (Å²) in [6, 6.07) is 87.9. The summed E-state index contributed by atoms with van der Waals surface area (Å²) in [5.74, 6) is 0. The van der Waals surface area contributed by atoms with Crippen LogP contribution in [-0.2, 0) is 0 Å². The molecule has 0 radical (unpaired) electrons. The molecule has 0 spiro atoms. The molecule has 2 heteroatoms. The molecule has 10 aromatic carbocycles. The largest absolute Gasteiger partial charge is 0.310 e. The molecule has 0 fully saturated rings. The van der Waals surface area contributed by atoms with E-state index in [9.17, 15) is 0 Å². The highest BCUT2D eigenvalue weighted by atomic mass is 15.1. The van der Waals surface area contributed by atoms with Crippen LogP contribution < -0.4 is 4.90 Å². The molecule has 0 unspecified atom stereocenters. The zero-order chi connectivity index (χ0) is 39.8. The SMILES string of the molecule is c1ccc(-c2cccc(N(c3ccc(-c4ccc5ccccc5c4)cc3)c3ccccc3-c3cccc4c3c3ccccc3n4-c3ccccc3-c3ccccc3)c2)cc1. The van der Waals surface area contributed by atoms with Crippen LogP contribution in [0.5, 0.6) is 0 Å². The van der Waals surface area contributed by atoms with E-state index >= 15 is 0 Å². The van der Waals surface area contributed by atoms with Crippen molar-refractivity contribution in [2.24, 2.45) is 0 Å². The average molecular weight is 765 g/mol. The summed E-state index contributed by atoms with van der Waals surface area (Å²) in [5, 5.41) is 4.94. The van der Waals surface area contributed by atoms with Crippen molar-refractivity contribution in [1.29, 1.82) is 0 Å². The Labute approximate surface area is 350 Å². The van der Waals surface area contributed by atoms with Crippen LogP contribution in [0, 0.1) is 0 Å². The number of rotatable bonds is 8. The smallest absolute Gasteiger partial charge is 0.0547 e. The van der Waals surface area contributed by atoms with E-state index in [1.807, 2.05) is 0 Å². The van der Waals surface area contributed by atoms with Gasteiger partial charge in [0.2, 0.25) is 0 Å². The Bertz CT molecular complexity index is 3310. The number of anilines is 3. The summed E-state index contributed by atoms with van der Waals surface area (Å²) in [6.45, 7) is 0. The van der Waals surface area contributed by atoms with Crippen LogP contribution in [0.3, 0.4) is 0 Å². The quantitative estimate of drug-likeness (QED) is 0.150. The molecule has 0 saturated carbocycles. The summed E-state index contributed by atoms with van der Waals surface area (Å²) < 4.78 is 2.45. The predicted octanol–water partition coefficient (Wildman–Crippen LogP) is 16.1. The van der Waals surface area contributed by atoms with Crippen LogP contribution in [0.4, 0.5) is 17.1 Å². The minimum Gasteiger partial charge on any atom is -0.310 e. The van der Waals surface area contributed by atoms with Gasteiger partial charge in [-0.1, -0.05) is 188 Å². The molecule has 1 aromatic heterocycles. The van der Waals surface area contributed by atoms with Crippen LogP contribution in [0.15, 0.2) is 243 Å². The van der Waals surface area contributed by atoms with E-state index in [1.165, 1.54) is 71.5 Å². The first kappa shape index (κ1) is 35.2. The summed E-state index contributed by atoms with van der Waals surface area (Å²) in [5.41, 5.74) is 16.3. The highest BCUT2D eigenvalue weighted by Crippen LogP contribution is 2.46. The van der Waals surface area contributed by atoms with Crippen molar-refractivity contribution in [3.63, 3.8) is 0 Å². The number of hydrogen-bond donors (Lipinski definition) is 0. The maximum atomic E-state index is 2.45. The van der Waals surface area contributed by atoms with Crippen LogP contribution >= 0.6 is 0 Å². The highest BCUT2D eigenvalue weighted by Gasteiger charge is 2.22. The monoisotopic (exact) mass is 764 g/mol. The Morgan fingerprint density at radius 3 is 1.70 bits per heavy atom. The van der Waals surface area contributed by atoms with Crippen LogP contribution in [-0.4, -0.2) is 4.57 Å². The van der Waals surface area contributed by atoms with Gasteiger partial charge in [0.05, 0.1) is 22.4 Å². The van der Waals surface area contributed by atoms with Gasteiger partial charge in [-0.2, -0.15) is 0 Å². The minimum absolute atomic E-state index is 1.09. The Morgan fingerprint density at radius 1 is 0.300 bits per heavy atom. The first-order valence-electron chi connectivity index (χ1n) is 20.6. The van der Waals surface area contributed by atoms with E-state index < -0.39 is 0 Å². The van der Waals surface area contributed by atoms with Gasteiger partial charge in [0.25, 0.3) is 0 Å². The third-order valence-corrected chi connectivity index (χ3v) is 11.8. The van der Waals surface area contributed by atoms with Gasteiger partial charge >= 0.3 is 0 Å². The third kappa shape index (κ3) is 6.23. The average Bonchev–Trinajstić information content (AvgIpc) is 3.67. The minimum atomic E-state index is 1.09. The molecule has 0 aliphatic carbocycles. The van der Waals surface area contributed by atoms with E-state index in [0.717, 1.165) is 28.3 Å². The van der Waals surface area contributed by atoms with Gasteiger partial charge in [-0.05, 0) is 98.8 Å². The van der Waals surface area contributed by atoms with E-state index in [0.29, 0.717) is 0 Å². The Morgan fingerprint density at radius 2 is 0.867 bits per heavy atom. The molecule has 0 aliphatic heterocycles. The lowest BCUT2D eigenvalue weighted by Gasteiger charge is -2.28. The molecule has 0 aliphatic rings. The Kier molecular flexibility index (Phi) is 8.87. The van der Waals surface area contributed by atoms with Crippen molar-refractivity contribution in [3.05, 3.63) is 243 Å². The fraction of sp³-hybridized carbons (Fsp3) is 0. The van der Waals surface area contributed by atoms with E-state index in [-0.39, 0.29) is 0 Å². The second-order valence-corrected chi connectivity index (χ2v) is 15.3. The standard InChI is InChI=1S/C58H40N2/c1-3-17-41(18-4-1)46-23-15-24-49(40-46)59(48-37-35-43(36-38-48)47-34-33-42-19-7-8-22-45(42)39-47)55-30-13-10-26-51(55)52-28-16-32-57-58(52)53-27-11-14-31-56(53)60(57)54-29-12-9-25-50(54)44-20-5-2-6-21-44/h1-40H. The van der Waals surface area contributed by atoms with E-state index in [1.54, 1.807) is 0 Å². The molecule has 60 heavy (non-hydrogen) atoms. The summed E-state index contributed by atoms with van der Waals surface area (Å²) >= 11 is 0. The van der Waals surface area contributed by atoms with Gasteiger partial charge in [-0.25, -0.2) is 0 Å². The number of nitrogens with zero attached hydrogens (tertiary/aromatic N) is 2. The molecule has 2 nitrogen and oxygen atoms in total. The van der Waals surface area contributed by atoms with E-state index in [4.69, 9.17) is 0 Å². The second-order valence-electron chi connectivity index (χ2n) is 15.3. The van der Waals surface area contributed by atoms with Crippen LogP contribution in [0.25, 0.3) is 82.8 Å². The summed E-state index contributed by atoms with van der Waals surface area (Å²) in [6.07, 6.45) is 0. The topological polar surface area (TPSA) is 8.17 Å². The first-order chi connectivity index (χ1) is 29.8. The van der Waals surface area contributed by atoms with Gasteiger partial charge < -0.3 is 9.47 Å². The number of benzene rings is 10. The molecule has 282 valence electrons. The fourth-order valence-corrected chi connectivity index (χ4v) is 8.98. The summed E-state index contributed by atoms with van der Waals surface area (Å²) in [4.78, 5) is 2.43. The third-order valence-electron chi connectivity index (χ3n) is 11.8. The Balaban J connectivity index is 1.11. The van der Waals surface area contributed by atoms with Crippen LogP contribution in [0.1, 0.15) is 0 Å². The maximum absolute atomic E-state index is 2.45. The molecule has 11 rings (SSSR count). The molecule has 0 amide bonds. The van der Waals surface area contributed by atoms with Crippen molar-refractivity contribution in [1.82, 2.24) is 4.57 Å². The zero-order valence-electron chi connectivity index (χ0n) is 33.0. The van der Waals surface area contributed by atoms with Crippen molar-refractivity contribution >= 4 is 49.6 Å². The van der Waals surface area contributed by atoms with Crippen molar-refractivity contribution < 1.29 is 0 Å². The second kappa shape index (κ2) is 15.1. The van der Waals surface area contributed by atoms with Gasteiger partial charge in [-0.15, -0.1) is 0 Å². The lowest BCUT2D eigenvalue weighted by Crippen LogP contribution is -2.11. The zero-order valence-corrected chi connectivity index (χ0v) is 33.0. The maximum Gasteiger partial charge on any atom is 0.0547 e. The first-order valence-corrected chi connectivity index (χ1v) is 20.6. The highest BCUT2D eigenvalue weighted by molar-refractivity contribution is 6.17. The molecule has 0 N–H and O–H groups in total. The van der Waals surface area contributed by atoms with Crippen LogP contribution in [0.2, 0.25) is 0 Å². The molecular formula is C58H40N2. The molecule has 0 atom stereocenters. The van der Waals surface area contributed by atoms with E-state index in [2.05, 4.69) is 252 Å². The van der Waals surface area contributed by atoms with Gasteiger partial charge in [-0.3, -0.25) is 0 Å².